The van der Waals surface area contributed by atoms with Crippen molar-refractivity contribution < 1.29 is 0 Å². The zero-order valence-corrected chi connectivity index (χ0v) is 41.6. The first-order valence-electron chi connectivity index (χ1n) is 26.5. The summed E-state index contributed by atoms with van der Waals surface area (Å²) >= 11 is 0. The molecule has 0 N–H and O–H groups in total. The summed E-state index contributed by atoms with van der Waals surface area (Å²) < 4.78 is 2.41. The topological polar surface area (TPSA) is 8.17 Å². The summed E-state index contributed by atoms with van der Waals surface area (Å²) in [5, 5.41) is 2.54. The van der Waals surface area contributed by atoms with Crippen molar-refractivity contribution in [2.75, 3.05) is 4.90 Å². The van der Waals surface area contributed by atoms with Gasteiger partial charge in [0.15, 0.2) is 0 Å². The number of benzene rings is 10. The summed E-state index contributed by atoms with van der Waals surface area (Å²) in [6.07, 6.45) is 7.88. The molecule has 0 saturated heterocycles. The average molecular weight is 941 g/mol. The molecular weight excluding hydrogens is 881 g/mol. The maximum atomic E-state index is 2.58. The summed E-state index contributed by atoms with van der Waals surface area (Å²) in [4.78, 5) is 2.49. The molecule has 73 heavy (non-hydrogen) atoms. The minimum atomic E-state index is -0.549. The van der Waals surface area contributed by atoms with E-state index in [0.29, 0.717) is 5.92 Å². The Balaban J connectivity index is 0.975. The maximum absolute atomic E-state index is 2.58. The molecule has 3 atom stereocenters. The molecule has 10 aromatic carbocycles. The fraction of sp³-hybridized carbons (Fsp3) is 0.155. The first kappa shape index (κ1) is 44.7. The second-order valence-corrected chi connectivity index (χ2v) is 20.9. The van der Waals surface area contributed by atoms with Crippen LogP contribution in [0.15, 0.2) is 255 Å². The van der Waals surface area contributed by atoms with E-state index in [1.807, 2.05) is 0 Å². The lowest BCUT2D eigenvalue weighted by Gasteiger charge is -2.40. The molecule has 11 aromatic rings. The van der Waals surface area contributed by atoms with E-state index in [4.69, 9.17) is 0 Å². The summed E-state index contributed by atoms with van der Waals surface area (Å²) in [6.45, 7) is 2.30. The van der Waals surface area contributed by atoms with Gasteiger partial charge in [0.25, 0.3) is 0 Å². The van der Waals surface area contributed by atoms with Gasteiger partial charge < -0.3 is 9.47 Å². The number of rotatable bonds is 12. The Morgan fingerprint density at radius 3 is 1.51 bits per heavy atom. The quantitative estimate of drug-likeness (QED) is 0.111. The second-order valence-electron chi connectivity index (χ2n) is 20.9. The highest BCUT2D eigenvalue weighted by molar-refractivity contribution is 6.09. The number of fused-ring (bicyclic) bond motifs is 5. The molecule has 2 aliphatic carbocycles. The van der Waals surface area contributed by atoms with Crippen molar-refractivity contribution in [1.82, 2.24) is 4.57 Å². The normalized spacial score (nSPS) is 16.5. The lowest BCUT2D eigenvalue weighted by Crippen LogP contribution is -2.33. The van der Waals surface area contributed by atoms with Gasteiger partial charge in [0.05, 0.1) is 16.4 Å². The Morgan fingerprint density at radius 2 is 0.904 bits per heavy atom. The number of hydrogen-bond acceptors (Lipinski definition) is 1. The van der Waals surface area contributed by atoms with Crippen LogP contribution in [0.2, 0.25) is 0 Å². The first-order valence-corrected chi connectivity index (χ1v) is 26.5. The molecule has 0 spiro atoms. The van der Waals surface area contributed by atoms with Gasteiger partial charge in [-0.15, -0.1) is 0 Å². The minimum absolute atomic E-state index is 0.549. The van der Waals surface area contributed by atoms with Gasteiger partial charge in [-0.1, -0.05) is 207 Å². The highest BCUT2D eigenvalue weighted by Crippen LogP contribution is 2.51. The van der Waals surface area contributed by atoms with Crippen molar-refractivity contribution in [2.45, 2.75) is 50.9 Å². The number of nitrogens with zero attached hydrogens (tertiary/aromatic N) is 2. The van der Waals surface area contributed by atoms with Crippen molar-refractivity contribution in [2.24, 2.45) is 17.8 Å². The molecule has 0 aliphatic heterocycles. The fourth-order valence-electron chi connectivity index (χ4n) is 13.4. The van der Waals surface area contributed by atoms with E-state index >= 15 is 0 Å². The highest BCUT2D eigenvalue weighted by atomic mass is 15.1. The Labute approximate surface area is 430 Å². The summed E-state index contributed by atoms with van der Waals surface area (Å²) in [5.41, 5.74) is 19.3. The summed E-state index contributed by atoms with van der Waals surface area (Å²) in [7, 11) is 0. The van der Waals surface area contributed by atoms with Gasteiger partial charge in [0.1, 0.15) is 0 Å². The summed E-state index contributed by atoms with van der Waals surface area (Å²) in [5.74, 6) is 2.33. The maximum Gasteiger partial charge on any atom is 0.0706 e. The monoisotopic (exact) mass is 940 g/mol. The predicted molar refractivity (Wildman–Crippen MR) is 307 cm³/mol. The van der Waals surface area contributed by atoms with Crippen LogP contribution in [0.4, 0.5) is 17.1 Å². The number of anilines is 3. The third-order valence-corrected chi connectivity index (χ3v) is 16.6. The van der Waals surface area contributed by atoms with E-state index in [9.17, 15) is 0 Å². The molecular formula is C71H60N2. The van der Waals surface area contributed by atoms with Crippen molar-refractivity contribution >= 4 is 38.9 Å². The molecule has 2 bridgehead atoms. The van der Waals surface area contributed by atoms with Crippen LogP contribution in [0.1, 0.15) is 65.5 Å². The Kier molecular flexibility index (Phi) is 11.7. The molecule has 2 heteroatoms. The molecule has 13 rings (SSSR count). The standard InChI is InChI=1S/C71H60N2/c1-50-18-11-14-29-67(50)71(59-22-7-3-8-23-59,60-24-9-4-10-25-60)68-43-42-64(49-58(68)47-53-45-51-32-33-52(44-51)46-53)72(61-38-34-55(35-39-61)54-19-5-2-6-20-54)62-40-36-56(37-41-62)57-21-17-26-63(48-57)73-69-30-15-12-27-65(69)66-28-13-16-31-70(66)73/h2-31,34-43,48-49,51-53H,32-33,44-47H2,1H3/t51-,52+,53?. The molecule has 2 nitrogen and oxygen atoms in total. The summed E-state index contributed by atoms with van der Waals surface area (Å²) in [6, 6.07) is 95.0. The molecule has 1 unspecified atom stereocenters. The molecule has 2 aliphatic rings. The first-order chi connectivity index (χ1) is 36.1. The SMILES string of the molecule is Cc1ccccc1C(c1ccccc1)(c1ccccc1)c1ccc(N(c2ccc(-c3ccccc3)cc2)c2ccc(-c3cccc(-n4c5ccccc5c5ccccc54)c3)cc2)cc1CC1C[C@H]2CC[C@@H](C1)C2. The van der Waals surface area contributed by atoms with Gasteiger partial charge >= 0.3 is 0 Å². The van der Waals surface area contributed by atoms with Gasteiger partial charge in [-0.05, 0) is 167 Å². The highest BCUT2D eigenvalue weighted by Gasteiger charge is 2.42. The zero-order chi connectivity index (χ0) is 48.7. The Bertz CT molecular complexity index is 3600. The third-order valence-electron chi connectivity index (χ3n) is 16.6. The predicted octanol–water partition coefficient (Wildman–Crippen LogP) is 18.6. The molecule has 2 fully saturated rings. The molecule has 0 amide bonds. The number of hydrogen-bond donors (Lipinski definition) is 0. The van der Waals surface area contributed by atoms with E-state index in [2.05, 4.69) is 271 Å². The Hall–Kier alpha value is -8.20. The minimum Gasteiger partial charge on any atom is -0.310 e. The smallest absolute Gasteiger partial charge is 0.0706 e. The van der Waals surface area contributed by atoms with Crippen LogP contribution < -0.4 is 4.90 Å². The van der Waals surface area contributed by atoms with Crippen molar-refractivity contribution in [1.29, 1.82) is 0 Å². The van der Waals surface area contributed by atoms with Gasteiger partial charge in [-0.25, -0.2) is 0 Å². The van der Waals surface area contributed by atoms with Crippen molar-refractivity contribution in [3.05, 3.63) is 288 Å². The van der Waals surface area contributed by atoms with E-state index in [0.717, 1.165) is 35.3 Å². The van der Waals surface area contributed by atoms with Crippen LogP contribution in [0, 0.1) is 24.7 Å². The average Bonchev–Trinajstić information content (AvgIpc) is 3.98. The lowest BCUT2D eigenvalue weighted by atomic mass is 9.62. The van der Waals surface area contributed by atoms with Gasteiger partial charge in [-0.3, -0.25) is 0 Å². The molecule has 354 valence electrons. The van der Waals surface area contributed by atoms with E-state index in [1.165, 1.54) is 115 Å². The lowest BCUT2D eigenvalue weighted by molar-refractivity contribution is 0.259. The zero-order valence-electron chi connectivity index (χ0n) is 41.6. The van der Waals surface area contributed by atoms with Crippen LogP contribution in [-0.2, 0) is 11.8 Å². The van der Waals surface area contributed by atoms with Crippen LogP contribution in [-0.4, -0.2) is 4.57 Å². The molecule has 0 radical (unpaired) electrons. The van der Waals surface area contributed by atoms with Crippen LogP contribution >= 0.6 is 0 Å². The molecule has 2 saturated carbocycles. The van der Waals surface area contributed by atoms with Crippen molar-refractivity contribution in [3.8, 4) is 27.9 Å². The third kappa shape index (κ3) is 8.16. The van der Waals surface area contributed by atoms with Crippen LogP contribution in [0.3, 0.4) is 0 Å². The molecule has 1 aromatic heterocycles. The van der Waals surface area contributed by atoms with Crippen LogP contribution in [0.5, 0.6) is 0 Å². The van der Waals surface area contributed by atoms with E-state index < -0.39 is 5.41 Å². The van der Waals surface area contributed by atoms with E-state index in [-0.39, 0.29) is 0 Å². The number of aryl methyl sites for hydroxylation is 1. The van der Waals surface area contributed by atoms with Gasteiger partial charge in [0, 0.05) is 33.5 Å². The Morgan fingerprint density at radius 1 is 0.411 bits per heavy atom. The van der Waals surface area contributed by atoms with Gasteiger partial charge in [-0.2, -0.15) is 0 Å². The van der Waals surface area contributed by atoms with Gasteiger partial charge in [0.2, 0.25) is 0 Å². The fourth-order valence-corrected chi connectivity index (χ4v) is 13.4. The molecule has 1 heterocycles. The van der Waals surface area contributed by atoms with Crippen LogP contribution in [0.25, 0.3) is 49.7 Å². The number of aromatic nitrogens is 1. The van der Waals surface area contributed by atoms with Crippen molar-refractivity contribution in [3.63, 3.8) is 0 Å². The second kappa shape index (κ2) is 19.1. The number of para-hydroxylation sites is 2. The van der Waals surface area contributed by atoms with E-state index in [1.54, 1.807) is 0 Å². The largest absolute Gasteiger partial charge is 0.310 e.